The van der Waals surface area contributed by atoms with Crippen molar-refractivity contribution in [2.45, 2.75) is 142 Å². The van der Waals surface area contributed by atoms with Crippen molar-refractivity contribution in [2.75, 3.05) is 0 Å². The van der Waals surface area contributed by atoms with Crippen LogP contribution >= 0.6 is 0 Å². The SMILES string of the molecule is C/C=C/C1CCC(C2CCC(C)CC2)CC1.CC1CCC(c2ccc(-c3ccc(C4CCC(C)CC4)cc3)cc2)CC1.[HH].[HH].[HH].[HH]. The van der Waals surface area contributed by atoms with E-state index in [2.05, 4.69) is 88.4 Å². The Bertz CT molecular complexity index is 998. The Hall–Kier alpha value is -1.82. The smallest absolute Gasteiger partial charge is 0 e. The summed E-state index contributed by atoms with van der Waals surface area (Å²) in [6.07, 6.45) is 27.7. The Morgan fingerprint density at radius 3 is 1.14 bits per heavy atom. The molecule has 4 fully saturated rings. The Balaban J connectivity index is 0.000000464. The van der Waals surface area contributed by atoms with Crippen molar-refractivity contribution in [3.8, 4) is 11.1 Å². The molecule has 4 saturated carbocycles. The van der Waals surface area contributed by atoms with E-state index in [1.165, 1.54) is 114 Å². The monoisotopic (exact) mass is 575 g/mol. The fourth-order valence-electron chi connectivity index (χ4n) is 8.92. The fourth-order valence-corrected chi connectivity index (χ4v) is 8.92. The predicted octanol–water partition coefficient (Wildman–Crippen LogP) is 14.1. The van der Waals surface area contributed by atoms with Gasteiger partial charge in [0.15, 0.2) is 0 Å². The summed E-state index contributed by atoms with van der Waals surface area (Å²) < 4.78 is 0. The van der Waals surface area contributed by atoms with Crippen LogP contribution in [-0.4, -0.2) is 0 Å². The maximum atomic E-state index is 2.43. The quantitative estimate of drug-likeness (QED) is 0.312. The van der Waals surface area contributed by atoms with E-state index in [0.717, 1.165) is 47.3 Å². The van der Waals surface area contributed by atoms with E-state index in [1.54, 1.807) is 11.1 Å². The first kappa shape index (κ1) is 31.6. The molecule has 2 aromatic rings. The Morgan fingerprint density at radius 1 is 0.452 bits per heavy atom. The van der Waals surface area contributed by atoms with Crippen molar-refractivity contribution < 1.29 is 5.71 Å². The van der Waals surface area contributed by atoms with E-state index >= 15 is 0 Å². The zero-order valence-corrected chi connectivity index (χ0v) is 27.7. The summed E-state index contributed by atoms with van der Waals surface area (Å²) in [5, 5.41) is 0. The second-order valence-corrected chi connectivity index (χ2v) is 15.4. The highest BCUT2D eigenvalue weighted by molar-refractivity contribution is 5.64. The van der Waals surface area contributed by atoms with E-state index in [1.807, 2.05) is 0 Å². The molecule has 0 aliphatic heterocycles. The minimum atomic E-state index is 0. The predicted molar refractivity (Wildman–Crippen MR) is 192 cm³/mol. The van der Waals surface area contributed by atoms with Gasteiger partial charge in [0.05, 0.1) is 0 Å². The Labute approximate surface area is 266 Å². The van der Waals surface area contributed by atoms with Crippen LogP contribution in [0.5, 0.6) is 0 Å². The van der Waals surface area contributed by atoms with Gasteiger partial charge in [-0.15, -0.1) is 0 Å². The topological polar surface area (TPSA) is 0 Å². The minimum Gasteiger partial charge on any atom is -0.0914 e. The van der Waals surface area contributed by atoms with Crippen molar-refractivity contribution in [2.24, 2.45) is 35.5 Å². The van der Waals surface area contributed by atoms with Gasteiger partial charge in [-0.05, 0) is 141 Å². The van der Waals surface area contributed by atoms with Crippen LogP contribution in [0.25, 0.3) is 11.1 Å². The van der Waals surface area contributed by atoms with Gasteiger partial charge in [-0.25, -0.2) is 0 Å². The third-order valence-electron chi connectivity index (χ3n) is 12.1. The van der Waals surface area contributed by atoms with Crippen LogP contribution in [-0.2, 0) is 0 Å². The first-order valence-corrected chi connectivity index (χ1v) is 18.3. The van der Waals surface area contributed by atoms with E-state index in [-0.39, 0.29) is 5.71 Å². The van der Waals surface area contributed by atoms with Crippen molar-refractivity contribution in [3.05, 3.63) is 71.8 Å². The lowest BCUT2D eigenvalue weighted by atomic mass is 9.69. The van der Waals surface area contributed by atoms with E-state index in [4.69, 9.17) is 0 Å². The molecule has 0 bridgehead atoms. The number of allylic oxidation sites excluding steroid dienone is 2. The summed E-state index contributed by atoms with van der Waals surface area (Å²) in [6, 6.07) is 18.9. The highest BCUT2D eigenvalue weighted by Gasteiger charge is 2.29. The summed E-state index contributed by atoms with van der Waals surface area (Å²) in [5.74, 6) is 7.51. The van der Waals surface area contributed by atoms with Crippen molar-refractivity contribution in [1.29, 1.82) is 0 Å². The lowest BCUT2D eigenvalue weighted by Crippen LogP contribution is -2.24. The van der Waals surface area contributed by atoms with Gasteiger partial charge >= 0.3 is 0 Å². The molecule has 0 amide bonds. The maximum absolute atomic E-state index is 2.43. The third kappa shape index (κ3) is 8.86. The zero-order chi connectivity index (χ0) is 29.3. The first-order valence-electron chi connectivity index (χ1n) is 18.3. The Kier molecular flexibility index (Phi) is 11.9. The molecule has 2 aromatic carbocycles. The maximum Gasteiger partial charge on any atom is 0 e. The highest BCUT2D eigenvalue weighted by Crippen LogP contribution is 2.42. The van der Waals surface area contributed by atoms with Crippen LogP contribution < -0.4 is 0 Å². The molecular formula is C42H70. The fraction of sp³-hybridized carbons (Fsp3) is 0.667. The standard InChI is InChI=1S/C26H34.C16H28.4H2/c1-19-3-7-21(8-4-19)23-11-15-25(16-12-23)26-17-13-24(14-18-26)22-9-5-20(2)6-10-22;1-3-4-14-7-11-16(12-8-14)15-9-5-13(2)6-10-15;;;;/h11-22H,3-10H2,1-2H3;3-4,13-16H,5-12H2,1-2H3;4*1H/b;4-3+;;;;. The minimum absolute atomic E-state index is 0. The molecule has 0 nitrogen and oxygen atoms in total. The van der Waals surface area contributed by atoms with Gasteiger partial charge < -0.3 is 0 Å². The second kappa shape index (κ2) is 15.8. The second-order valence-electron chi connectivity index (χ2n) is 15.4. The van der Waals surface area contributed by atoms with Gasteiger partial charge in [-0.2, -0.15) is 0 Å². The average molecular weight is 575 g/mol. The van der Waals surface area contributed by atoms with Crippen LogP contribution in [0, 0.1) is 35.5 Å². The largest absolute Gasteiger partial charge is 0.0914 e. The van der Waals surface area contributed by atoms with Gasteiger partial charge in [0, 0.05) is 5.71 Å². The third-order valence-corrected chi connectivity index (χ3v) is 12.1. The van der Waals surface area contributed by atoms with Gasteiger partial charge in [0.25, 0.3) is 0 Å². The average Bonchev–Trinajstić information content (AvgIpc) is 3.03. The number of benzene rings is 2. The molecule has 0 heterocycles. The van der Waals surface area contributed by atoms with E-state index in [9.17, 15) is 0 Å². The molecule has 4 aliphatic carbocycles. The van der Waals surface area contributed by atoms with Crippen molar-refractivity contribution in [3.63, 3.8) is 0 Å². The number of hydrogen-bond acceptors (Lipinski definition) is 0. The summed E-state index contributed by atoms with van der Waals surface area (Å²) in [5.41, 5.74) is 5.82. The molecule has 0 unspecified atom stereocenters. The van der Waals surface area contributed by atoms with Gasteiger partial charge in [-0.3, -0.25) is 0 Å². The van der Waals surface area contributed by atoms with Crippen LogP contribution in [0.4, 0.5) is 0 Å². The molecule has 4 aliphatic rings. The summed E-state index contributed by atoms with van der Waals surface area (Å²) >= 11 is 0. The first-order chi connectivity index (χ1) is 20.5. The molecule has 0 saturated heterocycles. The van der Waals surface area contributed by atoms with Gasteiger partial charge in [-0.1, -0.05) is 120 Å². The normalized spacial score (nSPS) is 34.0. The van der Waals surface area contributed by atoms with Gasteiger partial charge in [0.2, 0.25) is 0 Å². The molecule has 0 spiro atoms. The number of hydrogen-bond donors (Lipinski definition) is 0. The highest BCUT2D eigenvalue weighted by atomic mass is 14.3. The molecule has 6 rings (SSSR count). The molecule has 0 heteroatoms. The summed E-state index contributed by atoms with van der Waals surface area (Å²) in [7, 11) is 0. The molecule has 0 N–H and O–H groups in total. The van der Waals surface area contributed by atoms with Crippen LogP contribution in [0.3, 0.4) is 0 Å². The molecule has 42 heavy (non-hydrogen) atoms. The molecule has 238 valence electrons. The molecule has 0 radical (unpaired) electrons. The summed E-state index contributed by atoms with van der Waals surface area (Å²) in [6.45, 7) is 9.39. The van der Waals surface area contributed by atoms with Crippen LogP contribution in [0.15, 0.2) is 60.7 Å². The van der Waals surface area contributed by atoms with Crippen LogP contribution in [0.1, 0.15) is 159 Å². The van der Waals surface area contributed by atoms with Crippen molar-refractivity contribution >= 4 is 0 Å². The molecule has 0 aromatic heterocycles. The van der Waals surface area contributed by atoms with E-state index < -0.39 is 0 Å². The molecular weight excluding hydrogens is 504 g/mol. The van der Waals surface area contributed by atoms with Gasteiger partial charge in [0.1, 0.15) is 0 Å². The van der Waals surface area contributed by atoms with Crippen LogP contribution in [0.2, 0.25) is 0 Å². The lowest BCUT2D eigenvalue weighted by molar-refractivity contribution is 0.160. The lowest BCUT2D eigenvalue weighted by Gasteiger charge is -2.36. The van der Waals surface area contributed by atoms with Crippen molar-refractivity contribution in [1.82, 2.24) is 0 Å². The molecule has 0 atom stereocenters. The summed E-state index contributed by atoms with van der Waals surface area (Å²) in [4.78, 5) is 0. The zero-order valence-electron chi connectivity index (χ0n) is 27.7. The Morgan fingerprint density at radius 2 is 0.786 bits per heavy atom. The van der Waals surface area contributed by atoms with E-state index in [0.29, 0.717) is 0 Å². The number of rotatable bonds is 5.